The number of carbonyl (C=O) groups is 1. The molecule has 5 rings (SSSR count). The number of likely N-dealkylation sites (tertiary alicyclic amines) is 1. The molecule has 2 fully saturated rings. The number of hydrogen-bond acceptors (Lipinski definition) is 6. The molecule has 0 aliphatic carbocycles. The Labute approximate surface area is 174 Å². The summed E-state index contributed by atoms with van der Waals surface area (Å²) in [6.07, 6.45) is 3.46. The monoisotopic (exact) mass is 404 g/mol. The summed E-state index contributed by atoms with van der Waals surface area (Å²) in [7, 11) is 0. The van der Waals surface area contributed by atoms with E-state index in [1.54, 1.807) is 12.4 Å². The minimum absolute atomic E-state index is 0.0949. The summed E-state index contributed by atoms with van der Waals surface area (Å²) >= 11 is 0. The summed E-state index contributed by atoms with van der Waals surface area (Å²) in [5.41, 5.74) is 1.55. The number of para-hydroxylation sites is 1. The van der Waals surface area contributed by atoms with Gasteiger partial charge in [0.25, 0.3) is 5.56 Å². The molecule has 0 bridgehead atoms. The largest absolute Gasteiger partial charge is 0.356 e. The number of rotatable bonds is 4. The second-order valence-electron chi connectivity index (χ2n) is 8.25. The molecule has 2 aromatic heterocycles. The fourth-order valence-electron chi connectivity index (χ4n) is 4.64. The first-order valence-corrected chi connectivity index (χ1v) is 10.3. The molecule has 2 aliphatic heterocycles. The summed E-state index contributed by atoms with van der Waals surface area (Å²) in [6, 6.07) is 9.30. The lowest BCUT2D eigenvalue weighted by Gasteiger charge is -2.22. The molecule has 30 heavy (non-hydrogen) atoms. The number of fused-ring (bicyclic) bond motifs is 2. The Morgan fingerprint density at radius 2 is 1.83 bits per heavy atom. The Morgan fingerprint density at radius 3 is 2.60 bits per heavy atom. The van der Waals surface area contributed by atoms with Crippen LogP contribution in [0.2, 0.25) is 0 Å². The number of benzene rings is 1. The van der Waals surface area contributed by atoms with Gasteiger partial charge >= 0.3 is 0 Å². The first kappa shape index (κ1) is 18.7. The quantitative estimate of drug-likeness (QED) is 0.655. The van der Waals surface area contributed by atoms with Gasteiger partial charge in [-0.2, -0.15) is 0 Å². The zero-order valence-electron chi connectivity index (χ0n) is 16.9. The average Bonchev–Trinajstić information content (AvgIpc) is 3.33. The van der Waals surface area contributed by atoms with Gasteiger partial charge in [0.05, 0.1) is 17.2 Å². The zero-order chi connectivity index (χ0) is 20.7. The normalized spacial score (nSPS) is 20.7. The predicted octanol–water partition coefficient (Wildman–Crippen LogP) is 1.48. The number of hydrogen-bond donors (Lipinski definition) is 0. The Balaban J connectivity index is 1.19. The smallest absolute Gasteiger partial charge is 0.261 e. The van der Waals surface area contributed by atoms with Crippen LogP contribution in [0.15, 0.2) is 47.8 Å². The molecule has 2 atom stereocenters. The molecule has 3 aromatic rings. The number of nitrogens with zero attached hydrogens (tertiary/aromatic N) is 6. The van der Waals surface area contributed by atoms with Crippen LogP contribution in [0.3, 0.4) is 0 Å². The molecule has 2 aliphatic rings. The molecule has 8 heteroatoms. The highest BCUT2D eigenvalue weighted by Crippen LogP contribution is 2.33. The SMILES string of the molecule is Cc1cc(N2CC3CN(C(=O)CCn4cnc5ccccc5c4=O)CC3C2)ncn1. The van der Waals surface area contributed by atoms with Gasteiger partial charge in [-0.1, -0.05) is 12.1 Å². The fraction of sp³-hybridized carbons (Fsp3) is 0.409. The van der Waals surface area contributed by atoms with Gasteiger partial charge in [-0.05, 0) is 19.1 Å². The van der Waals surface area contributed by atoms with Crippen molar-refractivity contribution in [2.45, 2.75) is 19.9 Å². The van der Waals surface area contributed by atoms with E-state index in [9.17, 15) is 9.59 Å². The molecule has 0 spiro atoms. The van der Waals surface area contributed by atoms with Crippen molar-refractivity contribution >= 4 is 22.6 Å². The summed E-state index contributed by atoms with van der Waals surface area (Å²) < 4.78 is 1.54. The van der Waals surface area contributed by atoms with Crippen LogP contribution in [0.5, 0.6) is 0 Å². The molecule has 0 N–H and O–H groups in total. The van der Waals surface area contributed by atoms with Crippen LogP contribution in [-0.2, 0) is 11.3 Å². The van der Waals surface area contributed by atoms with E-state index in [0.717, 1.165) is 37.7 Å². The number of carbonyl (C=O) groups excluding carboxylic acids is 1. The number of anilines is 1. The molecule has 8 nitrogen and oxygen atoms in total. The standard InChI is InChI=1S/C22H24N6O2/c1-15-8-20(24-13-23-15)27-9-16-11-28(12-17(16)10-27)21(29)6-7-26-14-25-19-5-3-2-4-18(19)22(26)30/h2-5,8,13-14,16-17H,6-7,9-12H2,1H3. The number of amides is 1. The average molecular weight is 404 g/mol. The Bertz CT molecular complexity index is 1150. The Hall–Kier alpha value is -3.29. The second kappa shape index (κ2) is 7.51. The van der Waals surface area contributed by atoms with Crippen molar-refractivity contribution in [2.75, 3.05) is 31.1 Å². The summed E-state index contributed by atoms with van der Waals surface area (Å²) in [6.45, 7) is 5.70. The maximum absolute atomic E-state index is 12.8. The molecule has 1 aromatic carbocycles. The van der Waals surface area contributed by atoms with Gasteiger partial charge in [0.15, 0.2) is 0 Å². The highest BCUT2D eigenvalue weighted by molar-refractivity contribution is 5.78. The van der Waals surface area contributed by atoms with Crippen molar-refractivity contribution in [3.63, 3.8) is 0 Å². The summed E-state index contributed by atoms with van der Waals surface area (Å²) in [4.78, 5) is 42.5. The first-order chi connectivity index (χ1) is 14.6. The van der Waals surface area contributed by atoms with Crippen LogP contribution >= 0.6 is 0 Å². The van der Waals surface area contributed by atoms with E-state index < -0.39 is 0 Å². The van der Waals surface area contributed by atoms with Crippen LogP contribution in [0.1, 0.15) is 12.1 Å². The third-order valence-corrected chi connectivity index (χ3v) is 6.25. The molecule has 154 valence electrons. The maximum atomic E-state index is 12.8. The fourth-order valence-corrected chi connectivity index (χ4v) is 4.64. The van der Waals surface area contributed by atoms with Gasteiger partial charge < -0.3 is 9.80 Å². The Morgan fingerprint density at radius 1 is 1.07 bits per heavy atom. The predicted molar refractivity (Wildman–Crippen MR) is 113 cm³/mol. The van der Waals surface area contributed by atoms with Crippen molar-refractivity contribution in [1.29, 1.82) is 0 Å². The topological polar surface area (TPSA) is 84.2 Å². The third-order valence-electron chi connectivity index (χ3n) is 6.25. The highest BCUT2D eigenvalue weighted by atomic mass is 16.2. The van der Waals surface area contributed by atoms with Crippen LogP contribution in [-0.4, -0.2) is 56.5 Å². The van der Waals surface area contributed by atoms with E-state index in [4.69, 9.17) is 0 Å². The van der Waals surface area contributed by atoms with E-state index in [0.29, 0.717) is 35.7 Å². The van der Waals surface area contributed by atoms with Crippen LogP contribution in [0, 0.1) is 18.8 Å². The number of aromatic nitrogens is 4. The molecule has 4 heterocycles. The van der Waals surface area contributed by atoms with Crippen molar-refractivity contribution in [1.82, 2.24) is 24.4 Å². The lowest BCUT2D eigenvalue weighted by atomic mass is 10.0. The molecule has 2 saturated heterocycles. The van der Waals surface area contributed by atoms with Crippen LogP contribution in [0.4, 0.5) is 5.82 Å². The van der Waals surface area contributed by atoms with Gasteiger partial charge in [-0.3, -0.25) is 14.2 Å². The van der Waals surface area contributed by atoms with Crippen LogP contribution < -0.4 is 10.5 Å². The first-order valence-electron chi connectivity index (χ1n) is 10.3. The minimum atomic E-state index is -0.0949. The summed E-state index contributed by atoms with van der Waals surface area (Å²) in [5, 5.41) is 0.586. The maximum Gasteiger partial charge on any atom is 0.261 e. The minimum Gasteiger partial charge on any atom is -0.356 e. The lowest BCUT2D eigenvalue weighted by Crippen LogP contribution is -2.34. The van der Waals surface area contributed by atoms with Crippen molar-refractivity contribution < 1.29 is 4.79 Å². The molecular formula is C22H24N6O2. The molecule has 0 radical (unpaired) electrons. The van der Waals surface area contributed by atoms with Crippen LogP contribution in [0.25, 0.3) is 10.9 Å². The molecular weight excluding hydrogens is 380 g/mol. The van der Waals surface area contributed by atoms with Gasteiger partial charge in [0.2, 0.25) is 5.91 Å². The zero-order valence-corrected chi connectivity index (χ0v) is 16.9. The van der Waals surface area contributed by atoms with E-state index in [1.165, 1.54) is 10.9 Å². The second-order valence-corrected chi connectivity index (χ2v) is 8.25. The lowest BCUT2D eigenvalue weighted by molar-refractivity contribution is -0.130. The van der Waals surface area contributed by atoms with Crippen molar-refractivity contribution in [2.24, 2.45) is 11.8 Å². The molecule has 2 unspecified atom stereocenters. The summed E-state index contributed by atoms with van der Waals surface area (Å²) in [5.74, 6) is 2.01. The van der Waals surface area contributed by atoms with Gasteiger partial charge in [-0.25, -0.2) is 15.0 Å². The van der Waals surface area contributed by atoms with E-state index in [-0.39, 0.29) is 11.5 Å². The Kier molecular flexibility index (Phi) is 4.69. The number of aryl methyl sites for hydroxylation is 2. The molecule has 0 saturated carbocycles. The van der Waals surface area contributed by atoms with Crippen molar-refractivity contribution in [3.05, 3.63) is 59.0 Å². The van der Waals surface area contributed by atoms with E-state index in [2.05, 4.69) is 19.9 Å². The van der Waals surface area contributed by atoms with Gasteiger partial charge in [-0.15, -0.1) is 0 Å². The highest BCUT2D eigenvalue weighted by Gasteiger charge is 2.41. The van der Waals surface area contributed by atoms with Gasteiger partial charge in [0, 0.05) is 62.7 Å². The van der Waals surface area contributed by atoms with E-state index >= 15 is 0 Å². The molecule has 1 amide bonds. The van der Waals surface area contributed by atoms with E-state index in [1.807, 2.05) is 36.1 Å². The van der Waals surface area contributed by atoms with Gasteiger partial charge in [0.1, 0.15) is 12.1 Å². The van der Waals surface area contributed by atoms with Crippen molar-refractivity contribution in [3.8, 4) is 0 Å². The third kappa shape index (κ3) is 3.42.